The lowest BCUT2D eigenvalue weighted by atomic mass is 10.1. The molecule has 3 rings (SSSR count). The van der Waals surface area contributed by atoms with Crippen LogP contribution in [0.1, 0.15) is 36.5 Å². The highest BCUT2D eigenvalue weighted by Gasteiger charge is 2.22. The van der Waals surface area contributed by atoms with Gasteiger partial charge in [-0.1, -0.05) is 31.0 Å². The smallest absolute Gasteiger partial charge is 0.339 e. The Morgan fingerprint density at radius 2 is 2.00 bits per heavy atom. The Labute approximate surface area is 153 Å². The molecule has 1 aromatic heterocycles. The minimum Gasteiger partial charge on any atom is -0.377 e. The van der Waals surface area contributed by atoms with Gasteiger partial charge in [0.25, 0.3) is 0 Å². The standard InChI is InChI=1S/C20H20N2O3S/c1-3-4-5-16-10-14(2)6-9-20(16)26(23,24)25-19-13-22-18-8-7-15(12-21)11-17(18)19/h6-11,13,22H,3-5H2,1-2H3. The van der Waals surface area contributed by atoms with Crippen molar-refractivity contribution in [3.8, 4) is 11.8 Å². The zero-order chi connectivity index (χ0) is 18.7. The van der Waals surface area contributed by atoms with Gasteiger partial charge in [-0.2, -0.15) is 13.7 Å². The van der Waals surface area contributed by atoms with Gasteiger partial charge in [0, 0.05) is 17.1 Å². The van der Waals surface area contributed by atoms with Crippen molar-refractivity contribution in [3.63, 3.8) is 0 Å². The van der Waals surface area contributed by atoms with Crippen LogP contribution < -0.4 is 4.18 Å². The van der Waals surface area contributed by atoms with Crippen LogP contribution in [-0.4, -0.2) is 13.4 Å². The molecule has 0 aliphatic rings. The van der Waals surface area contributed by atoms with Crippen LogP contribution in [0.15, 0.2) is 47.5 Å². The molecule has 3 aromatic rings. The monoisotopic (exact) mass is 368 g/mol. The lowest BCUT2D eigenvalue weighted by Gasteiger charge is -2.12. The number of aromatic amines is 1. The average Bonchev–Trinajstić information content (AvgIpc) is 3.01. The van der Waals surface area contributed by atoms with Crippen molar-refractivity contribution in [3.05, 3.63) is 59.3 Å². The molecule has 0 saturated carbocycles. The fraction of sp³-hybridized carbons (Fsp3) is 0.250. The minimum absolute atomic E-state index is 0.194. The molecule has 0 atom stereocenters. The summed E-state index contributed by atoms with van der Waals surface area (Å²) in [5, 5.41) is 9.63. The number of hydrogen-bond donors (Lipinski definition) is 1. The van der Waals surface area contributed by atoms with Crippen LogP contribution in [0.5, 0.6) is 5.75 Å². The molecular formula is C20H20N2O3S. The summed E-state index contributed by atoms with van der Waals surface area (Å²) >= 11 is 0. The fourth-order valence-corrected chi connectivity index (χ4v) is 4.09. The number of H-pyrrole nitrogens is 1. The third-order valence-electron chi connectivity index (χ3n) is 4.26. The van der Waals surface area contributed by atoms with Crippen LogP contribution in [0.3, 0.4) is 0 Å². The van der Waals surface area contributed by atoms with Gasteiger partial charge >= 0.3 is 10.1 Å². The number of nitrogens with zero attached hydrogens (tertiary/aromatic N) is 1. The van der Waals surface area contributed by atoms with Crippen LogP contribution >= 0.6 is 0 Å². The number of fused-ring (bicyclic) bond motifs is 1. The third-order valence-corrected chi connectivity index (χ3v) is 5.59. The predicted molar refractivity (Wildman–Crippen MR) is 101 cm³/mol. The topological polar surface area (TPSA) is 83.0 Å². The quantitative estimate of drug-likeness (QED) is 0.651. The zero-order valence-corrected chi connectivity index (χ0v) is 15.6. The maximum absolute atomic E-state index is 12.9. The molecule has 0 bridgehead atoms. The van der Waals surface area contributed by atoms with Crippen LogP contribution in [0, 0.1) is 18.3 Å². The first-order valence-electron chi connectivity index (χ1n) is 8.50. The highest BCUT2D eigenvalue weighted by molar-refractivity contribution is 7.87. The van der Waals surface area contributed by atoms with Gasteiger partial charge in [-0.25, -0.2) is 0 Å². The van der Waals surface area contributed by atoms with Crippen LogP contribution in [0.4, 0.5) is 0 Å². The SMILES string of the molecule is CCCCc1cc(C)ccc1S(=O)(=O)Oc1c[nH]c2ccc(C#N)cc12. The van der Waals surface area contributed by atoms with Gasteiger partial charge in [0.05, 0.1) is 11.6 Å². The summed E-state index contributed by atoms with van der Waals surface area (Å²) in [6, 6.07) is 12.3. The first kappa shape index (κ1) is 18.0. The summed E-state index contributed by atoms with van der Waals surface area (Å²) in [7, 11) is -3.98. The second-order valence-corrected chi connectivity index (χ2v) is 7.79. The molecule has 26 heavy (non-hydrogen) atoms. The summed E-state index contributed by atoms with van der Waals surface area (Å²) < 4.78 is 31.2. The van der Waals surface area contributed by atoms with E-state index in [2.05, 4.69) is 18.0 Å². The number of rotatable bonds is 6. The Balaban J connectivity index is 2.01. The van der Waals surface area contributed by atoms with Gasteiger partial charge in [0.1, 0.15) is 4.90 Å². The molecule has 0 saturated heterocycles. The molecule has 0 spiro atoms. The van der Waals surface area contributed by atoms with Gasteiger partial charge in [-0.05, 0) is 49.6 Å². The molecule has 1 heterocycles. The van der Waals surface area contributed by atoms with Gasteiger partial charge in [-0.15, -0.1) is 0 Å². The maximum atomic E-state index is 12.9. The minimum atomic E-state index is -3.98. The van der Waals surface area contributed by atoms with E-state index in [1.54, 1.807) is 30.3 Å². The Morgan fingerprint density at radius 1 is 1.19 bits per heavy atom. The van der Waals surface area contributed by atoms with E-state index in [1.807, 2.05) is 13.0 Å². The van der Waals surface area contributed by atoms with Crippen molar-refractivity contribution < 1.29 is 12.6 Å². The summed E-state index contributed by atoms with van der Waals surface area (Å²) in [5.74, 6) is 0.194. The number of unbranched alkanes of at least 4 members (excludes halogenated alkanes) is 1. The van der Waals surface area contributed by atoms with Gasteiger partial charge < -0.3 is 9.17 Å². The van der Waals surface area contributed by atoms with Crippen molar-refractivity contribution in [2.45, 2.75) is 38.0 Å². The molecular weight excluding hydrogens is 348 g/mol. The zero-order valence-electron chi connectivity index (χ0n) is 14.7. The summed E-state index contributed by atoms with van der Waals surface area (Å²) in [4.78, 5) is 3.17. The Bertz CT molecular complexity index is 1090. The number of hydrogen-bond acceptors (Lipinski definition) is 4. The van der Waals surface area contributed by atoms with E-state index in [9.17, 15) is 8.42 Å². The number of aryl methyl sites for hydroxylation is 2. The van der Waals surface area contributed by atoms with Gasteiger partial charge in [-0.3, -0.25) is 0 Å². The molecule has 0 amide bonds. The first-order chi connectivity index (χ1) is 12.4. The van der Waals surface area contributed by atoms with Crippen molar-refractivity contribution in [1.29, 1.82) is 5.26 Å². The molecule has 5 nitrogen and oxygen atoms in total. The van der Waals surface area contributed by atoms with E-state index >= 15 is 0 Å². The maximum Gasteiger partial charge on any atom is 0.339 e. The molecule has 134 valence electrons. The summed E-state index contributed by atoms with van der Waals surface area (Å²) in [6.45, 7) is 4.01. The molecule has 6 heteroatoms. The van der Waals surface area contributed by atoms with Crippen LogP contribution in [-0.2, 0) is 16.5 Å². The predicted octanol–water partition coefficient (Wildman–Crippen LogP) is 4.46. The molecule has 0 aliphatic carbocycles. The van der Waals surface area contributed by atoms with Crippen molar-refractivity contribution >= 4 is 21.0 Å². The largest absolute Gasteiger partial charge is 0.377 e. The molecule has 0 aliphatic heterocycles. The summed E-state index contributed by atoms with van der Waals surface area (Å²) in [5.41, 5.74) is 2.94. The normalized spacial score (nSPS) is 11.4. The van der Waals surface area contributed by atoms with Crippen molar-refractivity contribution in [1.82, 2.24) is 4.98 Å². The molecule has 2 aromatic carbocycles. The van der Waals surface area contributed by atoms with E-state index in [0.717, 1.165) is 24.0 Å². The lowest BCUT2D eigenvalue weighted by Crippen LogP contribution is -2.12. The average molecular weight is 368 g/mol. The number of nitrogens with one attached hydrogen (secondary N) is 1. The van der Waals surface area contributed by atoms with Crippen molar-refractivity contribution in [2.24, 2.45) is 0 Å². The highest BCUT2D eigenvalue weighted by Crippen LogP contribution is 2.30. The van der Waals surface area contributed by atoms with E-state index in [4.69, 9.17) is 9.44 Å². The molecule has 0 unspecified atom stereocenters. The van der Waals surface area contributed by atoms with E-state index in [0.29, 0.717) is 22.9 Å². The summed E-state index contributed by atoms with van der Waals surface area (Å²) in [6.07, 6.45) is 4.07. The van der Waals surface area contributed by atoms with Gasteiger partial charge in [0.15, 0.2) is 5.75 Å². The second-order valence-electron chi connectivity index (χ2n) is 6.28. The van der Waals surface area contributed by atoms with Crippen molar-refractivity contribution in [2.75, 3.05) is 0 Å². The first-order valence-corrected chi connectivity index (χ1v) is 9.90. The van der Waals surface area contributed by atoms with Crippen LogP contribution in [0.25, 0.3) is 10.9 Å². The number of aromatic nitrogens is 1. The lowest BCUT2D eigenvalue weighted by molar-refractivity contribution is 0.487. The van der Waals surface area contributed by atoms with Crippen LogP contribution in [0.2, 0.25) is 0 Å². The number of nitriles is 1. The highest BCUT2D eigenvalue weighted by atomic mass is 32.2. The Kier molecular flexibility index (Phi) is 5.01. The second kappa shape index (κ2) is 7.22. The Hall–Kier alpha value is -2.78. The van der Waals surface area contributed by atoms with E-state index in [-0.39, 0.29) is 10.6 Å². The van der Waals surface area contributed by atoms with E-state index < -0.39 is 10.1 Å². The molecule has 0 fully saturated rings. The molecule has 1 N–H and O–H groups in total. The third kappa shape index (κ3) is 3.58. The fourth-order valence-electron chi connectivity index (χ4n) is 2.91. The molecule has 0 radical (unpaired) electrons. The van der Waals surface area contributed by atoms with Gasteiger partial charge in [0.2, 0.25) is 0 Å². The van der Waals surface area contributed by atoms with E-state index in [1.165, 1.54) is 6.20 Å². The number of benzene rings is 2. The Morgan fingerprint density at radius 3 is 2.73 bits per heavy atom.